The van der Waals surface area contributed by atoms with Crippen LogP contribution in [0.1, 0.15) is 64.2 Å². The van der Waals surface area contributed by atoms with Gasteiger partial charge in [-0.1, -0.05) is 32.1 Å². The van der Waals surface area contributed by atoms with Crippen molar-refractivity contribution in [2.24, 2.45) is 11.8 Å². The summed E-state index contributed by atoms with van der Waals surface area (Å²) in [5.74, 6) is 1.10. The maximum atomic E-state index is 12.8. The monoisotopic (exact) mass is 309 g/mol. The summed E-state index contributed by atoms with van der Waals surface area (Å²) in [6.07, 6.45) is 11.1. The Bertz CT molecular complexity index is 365. The fourth-order valence-corrected chi connectivity index (χ4v) is 4.64. The molecule has 0 bridgehead atoms. The van der Waals surface area contributed by atoms with Crippen LogP contribution < -0.4 is 0 Å². The number of rotatable bonds is 3. The molecule has 3 rings (SSSR count). The molecular weight excluding hydrogens is 278 g/mol. The second-order valence-electron chi connectivity index (χ2n) is 7.45. The number of ether oxygens (including phenoxy) is 1. The van der Waals surface area contributed by atoms with Gasteiger partial charge in [0.05, 0.1) is 25.4 Å². The molecule has 22 heavy (non-hydrogen) atoms. The highest BCUT2D eigenvalue weighted by atomic mass is 16.5. The third kappa shape index (κ3) is 3.83. The van der Waals surface area contributed by atoms with Crippen molar-refractivity contribution >= 4 is 5.91 Å². The van der Waals surface area contributed by atoms with E-state index >= 15 is 0 Å². The van der Waals surface area contributed by atoms with Gasteiger partial charge < -0.3 is 14.7 Å². The van der Waals surface area contributed by atoms with E-state index in [4.69, 9.17) is 4.74 Å². The molecule has 1 amide bonds. The highest BCUT2D eigenvalue weighted by molar-refractivity contribution is 5.77. The van der Waals surface area contributed by atoms with Gasteiger partial charge >= 0.3 is 0 Å². The van der Waals surface area contributed by atoms with Gasteiger partial charge in [-0.3, -0.25) is 4.79 Å². The van der Waals surface area contributed by atoms with Crippen LogP contribution in [0.25, 0.3) is 0 Å². The molecule has 3 aliphatic rings. The zero-order chi connectivity index (χ0) is 15.4. The lowest BCUT2D eigenvalue weighted by Crippen LogP contribution is -2.53. The van der Waals surface area contributed by atoms with Crippen LogP contribution >= 0.6 is 0 Å². The van der Waals surface area contributed by atoms with Crippen molar-refractivity contribution in [1.82, 2.24) is 4.90 Å². The van der Waals surface area contributed by atoms with Crippen molar-refractivity contribution in [3.8, 4) is 0 Å². The summed E-state index contributed by atoms with van der Waals surface area (Å²) in [5, 5.41) is 10.2. The minimum atomic E-state index is -0.250. The fraction of sp³-hybridized carbons (Fsp3) is 0.944. The molecule has 1 N–H and O–H groups in total. The topological polar surface area (TPSA) is 49.8 Å². The fourth-order valence-electron chi connectivity index (χ4n) is 4.64. The average Bonchev–Trinajstić information content (AvgIpc) is 2.80. The first-order valence-corrected chi connectivity index (χ1v) is 9.31. The molecule has 0 radical (unpaired) electrons. The van der Waals surface area contributed by atoms with Crippen molar-refractivity contribution in [2.75, 3.05) is 19.8 Å². The lowest BCUT2D eigenvalue weighted by atomic mass is 9.92. The highest BCUT2D eigenvalue weighted by Gasteiger charge is 2.39. The number of hydrogen-bond acceptors (Lipinski definition) is 3. The zero-order valence-corrected chi connectivity index (χ0v) is 13.7. The summed E-state index contributed by atoms with van der Waals surface area (Å²) in [6, 6.07) is 0.101. The zero-order valence-electron chi connectivity index (χ0n) is 13.7. The van der Waals surface area contributed by atoms with Gasteiger partial charge in [0.1, 0.15) is 0 Å². The number of nitrogens with zero attached hydrogens (tertiary/aromatic N) is 1. The van der Waals surface area contributed by atoms with E-state index in [1.807, 2.05) is 4.90 Å². The summed E-state index contributed by atoms with van der Waals surface area (Å²) in [4.78, 5) is 14.9. The van der Waals surface area contributed by atoms with E-state index in [0.717, 1.165) is 19.3 Å². The smallest absolute Gasteiger partial charge is 0.223 e. The van der Waals surface area contributed by atoms with Crippen molar-refractivity contribution < 1.29 is 14.6 Å². The molecule has 2 saturated carbocycles. The second-order valence-corrected chi connectivity index (χ2v) is 7.45. The van der Waals surface area contributed by atoms with Crippen LogP contribution in [0.3, 0.4) is 0 Å². The number of hydrogen-bond donors (Lipinski definition) is 1. The summed E-state index contributed by atoms with van der Waals surface area (Å²) in [5.41, 5.74) is 0. The van der Waals surface area contributed by atoms with Crippen LogP contribution in [-0.4, -0.2) is 47.8 Å². The Labute approximate surface area is 134 Å². The number of carbonyl (C=O) groups excluding carboxylic acids is 1. The van der Waals surface area contributed by atoms with E-state index in [9.17, 15) is 9.90 Å². The van der Waals surface area contributed by atoms with Gasteiger partial charge in [0.15, 0.2) is 0 Å². The molecule has 3 atom stereocenters. The lowest BCUT2D eigenvalue weighted by Gasteiger charge is -2.40. The van der Waals surface area contributed by atoms with E-state index in [2.05, 4.69) is 0 Å². The first-order valence-electron chi connectivity index (χ1n) is 9.31. The molecule has 3 unspecified atom stereocenters. The Balaban J connectivity index is 1.60. The van der Waals surface area contributed by atoms with Crippen LogP contribution in [0.15, 0.2) is 0 Å². The molecule has 1 heterocycles. The first kappa shape index (κ1) is 16.3. The van der Waals surface area contributed by atoms with Gasteiger partial charge in [-0.15, -0.1) is 0 Å². The lowest BCUT2D eigenvalue weighted by molar-refractivity contribution is -0.145. The summed E-state index contributed by atoms with van der Waals surface area (Å²) in [6.45, 7) is 1.97. The third-order valence-corrected chi connectivity index (χ3v) is 5.95. The second kappa shape index (κ2) is 7.78. The maximum Gasteiger partial charge on any atom is 0.223 e. The average molecular weight is 309 g/mol. The first-order chi connectivity index (χ1) is 10.8. The number of amides is 1. The van der Waals surface area contributed by atoms with Crippen LogP contribution in [0.2, 0.25) is 0 Å². The number of carbonyl (C=O) groups is 1. The molecule has 0 spiro atoms. The molecule has 0 aromatic carbocycles. The van der Waals surface area contributed by atoms with Crippen molar-refractivity contribution in [2.45, 2.75) is 76.4 Å². The summed E-state index contributed by atoms with van der Waals surface area (Å²) in [7, 11) is 0. The Morgan fingerprint density at radius 2 is 1.82 bits per heavy atom. The molecule has 4 nitrogen and oxygen atoms in total. The van der Waals surface area contributed by atoms with E-state index < -0.39 is 0 Å². The summed E-state index contributed by atoms with van der Waals surface area (Å²) >= 11 is 0. The van der Waals surface area contributed by atoms with Crippen LogP contribution in [0.4, 0.5) is 0 Å². The predicted octanol–water partition coefficient (Wildman–Crippen LogP) is 2.74. The molecule has 126 valence electrons. The SMILES string of the molecule is O=C(CC1CCCCCC1)N1CCOCC1C1CCCC1O. The van der Waals surface area contributed by atoms with Gasteiger partial charge in [0, 0.05) is 18.9 Å². The van der Waals surface area contributed by atoms with E-state index in [1.165, 1.54) is 38.5 Å². The largest absolute Gasteiger partial charge is 0.393 e. The standard InChI is InChI=1S/C18H31NO3/c20-17-9-5-8-15(17)16-13-22-11-10-19(16)18(21)12-14-6-3-1-2-4-7-14/h14-17,20H,1-13H2. The minimum Gasteiger partial charge on any atom is -0.393 e. The molecule has 2 aliphatic carbocycles. The van der Waals surface area contributed by atoms with Gasteiger partial charge in [-0.2, -0.15) is 0 Å². The molecule has 0 aromatic heterocycles. The molecule has 3 fully saturated rings. The Kier molecular flexibility index (Phi) is 5.75. The van der Waals surface area contributed by atoms with Crippen molar-refractivity contribution in [1.29, 1.82) is 0 Å². The van der Waals surface area contributed by atoms with Gasteiger partial charge in [0.2, 0.25) is 5.91 Å². The maximum absolute atomic E-state index is 12.8. The molecule has 4 heteroatoms. The van der Waals surface area contributed by atoms with Crippen molar-refractivity contribution in [3.05, 3.63) is 0 Å². The highest BCUT2D eigenvalue weighted by Crippen LogP contribution is 2.33. The van der Waals surface area contributed by atoms with Gasteiger partial charge in [-0.25, -0.2) is 0 Å². The number of aliphatic hydroxyl groups excluding tert-OH is 1. The van der Waals surface area contributed by atoms with E-state index in [1.54, 1.807) is 0 Å². The van der Waals surface area contributed by atoms with Crippen LogP contribution in [0, 0.1) is 11.8 Å². The molecule has 1 saturated heterocycles. The Hall–Kier alpha value is -0.610. The molecular formula is C18H31NO3. The summed E-state index contributed by atoms with van der Waals surface area (Å²) < 4.78 is 5.63. The minimum absolute atomic E-state index is 0.101. The normalized spacial score (nSPS) is 34.6. The number of morpholine rings is 1. The predicted molar refractivity (Wildman–Crippen MR) is 85.5 cm³/mol. The molecule has 1 aliphatic heterocycles. The third-order valence-electron chi connectivity index (χ3n) is 5.95. The number of aliphatic hydroxyl groups is 1. The van der Waals surface area contributed by atoms with Gasteiger partial charge in [0.25, 0.3) is 0 Å². The Morgan fingerprint density at radius 3 is 2.50 bits per heavy atom. The quantitative estimate of drug-likeness (QED) is 0.816. The Morgan fingerprint density at radius 1 is 1.05 bits per heavy atom. The van der Waals surface area contributed by atoms with Crippen LogP contribution in [-0.2, 0) is 9.53 Å². The van der Waals surface area contributed by atoms with Gasteiger partial charge in [-0.05, 0) is 31.6 Å². The molecule has 0 aromatic rings. The van der Waals surface area contributed by atoms with Crippen LogP contribution in [0.5, 0.6) is 0 Å². The van der Waals surface area contributed by atoms with E-state index in [-0.39, 0.29) is 18.1 Å². The van der Waals surface area contributed by atoms with Crippen molar-refractivity contribution in [3.63, 3.8) is 0 Å². The van der Waals surface area contributed by atoms with E-state index in [0.29, 0.717) is 38.0 Å².